The molecule has 0 aliphatic heterocycles. The van der Waals surface area contributed by atoms with Crippen molar-refractivity contribution in [1.82, 2.24) is 5.32 Å². The lowest BCUT2D eigenvalue weighted by Gasteiger charge is -2.07. The average Bonchev–Trinajstić information content (AvgIpc) is 2.66. The van der Waals surface area contributed by atoms with Crippen molar-refractivity contribution >= 4 is 29.3 Å². The third-order valence-electron chi connectivity index (χ3n) is 3.60. The molecule has 2 rings (SSSR count). The summed E-state index contributed by atoms with van der Waals surface area (Å²) in [6.45, 7) is 1.29. The molecular formula is C20H24N2O3S. The van der Waals surface area contributed by atoms with Gasteiger partial charge in [-0.05, 0) is 36.2 Å². The van der Waals surface area contributed by atoms with Gasteiger partial charge < -0.3 is 15.4 Å². The maximum atomic E-state index is 12.2. The summed E-state index contributed by atoms with van der Waals surface area (Å²) >= 11 is 1.55. The fourth-order valence-electron chi connectivity index (χ4n) is 2.23. The van der Waals surface area contributed by atoms with Crippen LogP contribution in [-0.2, 0) is 15.3 Å². The van der Waals surface area contributed by atoms with Gasteiger partial charge in [0.15, 0.2) is 0 Å². The van der Waals surface area contributed by atoms with Crippen LogP contribution in [-0.4, -0.2) is 37.8 Å². The Morgan fingerprint density at radius 2 is 1.77 bits per heavy atom. The number of hydrogen-bond acceptors (Lipinski definition) is 4. The first-order valence-corrected chi connectivity index (χ1v) is 9.63. The highest BCUT2D eigenvalue weighted by Gasteiger charge is 2.06. The van der Waals surface area contributed by atoms with Gasteiger partial charge in [-0.25, -0.2) is 0 Å². The molecule has 0 atom stereocenters. The van der Waals surface area contributed by atoms with E-state index in [4.69, 9.17) is 4.74 Å². The Morgan fingerprint density at radius 3 is 2.46 bits per heavy atom. The lowest BCUT2D eigenvalue weighted by Crippen LogP contribution is -2.26. The van der Waals surface area contributed by atoms with E-state index in [1.54, 1.807) is 31.0 Å². The second kappa shape index (κ2) is 11.3. The number of hydrogen-bond donors (Lipinski definition) is 2. The van der Waals surface area contributed by atoms with Gasteiger partial charge in [0.1, 0.15) is 0 Å². The Bertz CT molecular complexity index is 690. The van der Waals surface area contributed by atoms with Gasteiger partial charge in [0.05, 0.1) is 5.75 Å². The van der Waals surface area contributed by atoms with Crippen LogP contribution in [0.4, 0.5) is 5.69 Å². The lowest BCUT2D eigenvalue weighted by molar-refractivity contribution is -0.118. The summed E-state index contributed by atoms with van der Waals surface area (Å²) < 4.78 is 4.94. The predicted molar refractivity (Wildman–Crippen MR) is 107 cm³/mol. The largest absolute Gasteiger partial charge is 0.385 e. The van der Waals surface area contributed by atoms with Crippen molar-refractivity contribution in [2.75, 3.05) is 31.3 Å². The van der Waals surface area contributed by atoms with Crippen LogP contribution in [0.15, 0.2) is 54.6 Å². The normalized spacial score (nSPS) is 10.3. The number of rotatable bonds is 10. The minimum Gasteiger partial charge on any atom is -0.385 e. The van der Waals surface area contributed by atoms with Crippen molar-refractivity contribution in [3.63, 3.8) is 0 Å². The number of benzene rings is 2. The standard InChI is InChI=1S/C20H24N2O3S/c1-25-13-5-12-21-19(23)15-26-14-16-8-10-17(11-9-16)20(24)22-18-6-3-2-4-7-18/h2-4,6-11H,5,12-15H2,1H3,(H,21,23)(H,22,24). The van der Waals surface area contributed by atoms with Gasteiger partial charge in [-0.1, -0.05) is 30.3 Å². The molecule has 6 heteroatoms. The number of thioether (sulfide) groups is 1. The number of carbonyl (C=O) groups excluding carboxylic acids is 2. The third kappa shape index (κ3) is 7.29. The summed E-state index contributed by atoms with van der Waals surface area (Å²) in [5, 5.41) is 5.72. The Balaban J connectivity index is 1.72. The van der Waals surface area contributed by atoms with E-state index >= 15 is 0 Å². The first-order valence-electron chi connectivity index (χ1n) is 8.48. The highest BCUT2D eigenvalue weighted by atomic mass is 32.2. The summed E-state index contributed by atoms with van der Waals surface area (Å²) in [5.41, 5.74) is 2.46. The number of amides is 2. The van der Waals surface area contributed by atoms with E-state index in [0.717, 1.165) is 23.4 Å². The number of para-hydroxylation sites is 1. The Hall–Kier alpha value is -2.31. The SMILES string of the molecule is COCCCNC(=O)CSCc1ccc(C(=O)Nc2ccccc2)cc1. The van der Waals surface area contributed by atoms with E-state index in [1.165, 1.54) is 0 Å². The minimum atomic E-state index is -0.133. The van der Waals surface area contributed by atoms with E-state index in [2.05, 4.69) is 10.6 Å². The zero-order valence-corrected chi connectivity index (χ0v) is 15.7. The van der Waals surface area contributed by atoms with Crippen LogP contribution in [0.25, 0.3) is 0 Å². The number of methoxy groups -OCH3 is 1. The molecule has 0 unspecified atom stereocenters. The summed E-state index contributed by atoms with van der Waals surface area (Å²) in [6, 6.07) is 16.8. The predicted octanol–water partition coefficient (Wildman–Crippen LogP) is 3.32. The highest BCUT2D eigenvalue weighted by Crippen LogP contribution is 2.14. The maximum absolute atomic E-state index is 12.2. The zero-order chi connectivity index (χ0) is 18.6. The molecule has 138 valence electrons. The fraction of sp³-hybridized carbons (Fsp3) is 0.300. The maximum Gasteiger partial charge on any atom is 0.255 e. The van der Waals surface area contributed by atoms with E-state index in [0.29, 0.717) is 24.5 Å². The van der Waals surface area contributed by atoms with Crippen LogP contribution in [0, 0.1) is 0 Å². The average molecular weight is 372 g/mol. The molecule has 0 heterocycles. The summed E-state index contributed by atoms with van der Waals surface area (Å²) in [4.78, 5) is 23.9. The molecule has 0 fully saturated rings. The van der Waals surface area contributed by atoms with Gasteiger partial charge in [0, 0.05) is 37.3 Å². The molecule has 2 aromatic carbocycles. The zero-order valence-electron chi connectivity index (χ0n) is 14.9. The van der Waals surface area contributed by atoms with Crippen LogP contribution in [0.1, 0.15) is 22.3 Å². The molecule has 0 aromatic heterocycles. The Labute approximate surface area is 158 Å². The van der Waals surface area contributed by atoms with Crippen LogP contribution in [0.3, 0.4) is 0 Å². The Morgan fingerprint density at radius 1 is 1.04 bits per heavy atom. The number of ether oxygens (including phenoxy) is 1. The quantitative estimate of drug-likeness (QED) is 0.628. The first-order chi connectivity index (χ1) is 12.7. The van der Waals surface area contributed by atoms with Crippen molar-refractivity contribution < 1.29 is 14.3 Å². The van der Waals surface area contributed by atoms with Crippen molar-refractivity contribution in [2.24, 2.45) is 0 Å². The topological polar surface area (TPSA) is 67.4 Å². The first kappa shape index (κ1) is 20.0. The van der Waals surface area contributed by atoms with Crippen molar-refractivity contribution in [1.29, 1.82) is 0 Å². The lowest BCUT2D eigenvalue weighted by atomic mass is 10.1. The monoisotopic (exact) mass is 372 g/mol. The molecular weight excluding hydrogens is 348 g/mol. The Kier molecular flexibility index (Phi) is 8.72. The summed E-state index contributed by atoms with van der Waals surface area (Å²) in [6.07, 6.45) is 0.819. The number of carbonyl (C=O) groups is 2. The highest BCUT2D eigenvalue weighted by molar-refractivity contribution is 7.99. The summed E-state index contributed by atoms with van der Waals surface area (Å²) in [5.74, 6) is 1.05. The molecule has 0 saturated carbocycles. The molecule has 0 spiro atoms. The van der Waals surface area contributed by atoms with Crippen molar-refractivity contribution in [2.45, 2.75) is 12.2 Å². The molecule has 26 heavy (non-hydrogen) atoms. The van der Waals surface area contributed by atoms with Gasteiger partial charge in [0.25, 0.3) is 5.91 Å². The minimum absolute atomic E-state index is 0.0324. The third-order valence-corrected chi connectivity index (χ3v) is 4.60. The van der Waals surface area contributed by atoms with Crippen molar-refractivity contribution in [3.8, 4) is 0 Å². The second-order valence-electron chi connectivity index (χ2n) is 5.71. The molecule has 0 aliphatic carbocycles. The van der Waals surface area contributed by atoms with E-state index in [-0.39, 0.29) is 11.8 Å². The van der Waals surface area contributed by atoms with E-state index in [9.17, 15) is 9.59 Å². The molecule has 0 radical (unpaired) electrons. The number of nitrogens with one attached hydrogen (secondary N) is 2. The van der Waals surface area contributed by atoms with E-state index < -0.39 is 0 Å². The van der Waals surface area contributed by atoms with Crippen LogP contribution in [0.5, 0.6) is 0 Å². The van der Waals surface area contributed by atoms with Crippen molar-refractivity contribution in [3.05, 3.63) is 65.7 Å². The molecule has 5 nitrogen and oxygen atoms in total. The van der Waals surface area contributed by atoms with Crippen LogP contribution >= 0.6 is 11.8 Å². The van der Waals surface area contributed by atoms with Gasteiger partial charge in [-0.15, -0.1) is 11.8 Å². The van der Waals surface area contributed by atoms with Gasteiger partial charge in [0.2, 0.25) is 5.91 Å². The second-order valence-corrected chi connectivity index (χ2v) is 6.69. The molecule has 0 aliphatic rings. The molecule has 2 amide bonds. The molecule has 2 N–H and O–H groups in total. The molecule has 0 bridgehead atoms. The summed E-state index contributed by atoms with van der Waals surface area (Å²) in [7, 11) is 1.65. The fourth-order valence-corrected chi connectivity index (χ4v) is 3.05. The molecule has 2 aromatic rings. The van der Waals surface area contributed by atoms with E-state index in [1.807, 2.05) is 42.5 Å². The van der Waals surface area contributed by atoms with Crippen LogP contribution < -0.4 is 10.6 Å². The van der Waals surface area contributed by atoms with Gasteiger partial charge in [-0.3, -0.25) is 9.59 Å². The van der Waals surface area contributed by atoms with Gasteiger partial charge >= 0.3 is 0 Å². The number of anilines is 1. The van der Waals surface area contributed by atoms with Gasteiger partial charge in [-0.2, -0.15) is 0 Å². The van der Waals surface area contributed by atoms with Crippen LogP contribution in [0.2, 0.25) is 0 Å². The molecule has 0 saturated heterocycles. The smallest absolute Gasteiger partial charge is 0.255 e.